The number of aryl methyl sites for hydroxylation is 1. The molecule has 0 saturated heterocycles. The van der Waals surface area contributed by atoms with Crippen molar-refractivity contribution in [1.82, 2.24) is 14.1 Å². The minimum atomic E-state index is -1.24. The van der Waals surface area contributed by atoms with Crippen molar-refractivity contribution in [2.45, 2.75) is 46.3 Å². The number of hydrogen-bond acceptors (Lipinski definition) is 5. The van der Waals surface area contributed by atoms with Crippen molar-refractivity contribution >= 4 is 8.07 Å². The Kier molecular flexibility index (Phi) is 7.15. The van der Waals surface area contributed by atoms with Crippen molar-refractivity contribution in [2.24, 2.45) is 7.05 Å². The van der Waals surface area contributed by atoms with Crippen LogP contribution in [0, 0.1) is 13.8 Å². The van der Waals surface area contributed by atoms with E-state index in [0.29, 0.717) is 29.5 Å². The fourth-order valence-corrected chi connectivity index (χ4v) is 4.20. The predicted octanol–water partition coefficient (Wildman–Crippen LogP) is 4.33. The number of pyridine rings is 1. The van der Waals surface area contributed by atoms with Crippen LogP contribution in [-0.2, 0) is 18.5 Å². The van der Waals surface area contributed by atoms with E-state index in [9.17, 15) is 9.59 Å². The third-order valence-electron chi connectivity index (χ3n) is 5.30. The molecule has 0 aliphatic rings. The lowest BCUT2D eigenvalue weighted by Gasteiger charge is -2.18. The van der Waals surface area contributed by atoms with Crippen molar-refractivity contribution < 1.29 is 9.47 Å². The van der Waals surface area contributed by atoms with Crippen LogP contribution in [0.4, 0.5) is 0 Å². The van der Waals surface area contributed by atoms with Gasteiger partial charge in [-0.05, 0) is 49.7 Å². The van der Waals surface area contributed by atoms with E-state index in [1.807, 2.05) is 37.3 Å². The molecule has 0 bridgehead atoms. The molecule has 0 unspecified atom stereocenters. The van der Waals surface area contributed by atoms with Gasteiger partial charge in [-0.2, -0.15) is 0 Å². The lowest BCUT2D eigenvalue weighted by Crippen LogP contribution is -2.41. The second-order valence-electron chi connectivity index (χ2n) is 9.14. The van der Waals surface area contributed by atoms with Crippen LogP contribution in [-0.4, -0.2) is 28.8 Å². The first-order valence-electron chi connectivity index (χ1n) is 10.7. The van der Waals surface area contributed by atoms with Crippen LogP contribution in [0.25, 0.3) is 11.3 Å². The van der Waals surface area contributed by atoms with E-state index < -0.39 is 13.8 Å². The molecule has 0 N–H and O–H groups in total. The highest BCUT2D eigenvalue weighted by Crippen LogP contribution is 2.29. The predicted molar refractivity (Wildman–Crippen MR) is 129 cm³/mol. The van der Waals surface area contributed by atoms with Gasteiger partial charge in [0.25, 0.3) is 5.56 Å². The molecule has 0 fully saturated rings. The highest BCUT2D eigenvalue weighted by molar-refractivity contribution is 6.76. The maximum absolute atomic E-state index is 13.0. The molecule has 170 valence electrons. The van der Waals surface area contributed by atoms with Crippen LogP contribution in [0.1, 0.15) is 11.1 Å². The van der Waals surface area contributed by atoms with E-state index in [1.54, 1.807) is 26.2 Å². The van der Waals surface area contributed by atoms with Gasteiger partial charge in [0, 0.05) is 45.1 Å². The van der Waals surface area contributed by atoms with Crippen molar-refractivity contribution in [3.63, 3.8) is 0 Å². The van der Waals surface area contributed by atoms with Crippen molar-refractivity contribution in [2.75, 3.05) is 6.61 Å². The fraction of sp³-hybridized carbons (Fsp3) is 0.375. The van der Waals surface area contributed by atoms with Crippen LogP contribution < -0.4 is 16.0 Å². The largest absolute Gasteiger partial charge is 0.439 e. The maximum atomic E-state index is 13.0. The SMILES string of the molecule is Cc1cc(Oc2ccccn2)ccc1-c1c(C)c(=O)n(COCC[Si](C)(C)C)c(=O)n1C. The Morgan fingerprint density at radius 3 is 2.44 bits per heavy atom. The molecule has 0 radical (unpaired) electrons. The van der Waals surface area contributed by atoms with Crippen LogP contribution in [0.3, 0.4) is 0 Å². The van der Waals surface area contributed by atoms with E-state index in [-0.39, 0.29) is 12.3 Å². The molecular weight excluding hydrogens is 422 g/mol. The Balaban J connectivity index is 1.90. The van der Waals surface area contributed by atoms with Gasteiger partial charge in [-0.1, -0.05) is 25.7 Å². The molecule has 32 heavy (non-hydrogen) atoms. The van der Waals surface area contributed by atoms with E-state index in [0.717, 1.165) is 21.7 Å². The smallest absolute Gasteiger partial charge is 0.333 e. The summed E-state index contributed by atoms with van der Waals surface area (Å²) in [6.07, 6.45) is 1.67. The van der Waals surface area contributed by atoms with Gasteiger partial charge in [-0.25, -0.2) is 14.3 Å². The number of benzene rings is 1. The Bertz CT molecular complexity index is 1170. The van der Waals surface area contributed by atoms with E-state index in [1.165, 1.54) is 4.57 Å². The molecule has 8 heteroatoms. The van der Waals surface area contributed by atoms with Gasteiger partial charge in [0.15, 0.2) is 0 Å². The molecule has 0 saturated carbocycles. The first kappa shape index (κ1) is 23.7. The van der Waals surface area contributed by atoms with E-state index >= 15 is 0 Å². The molecule has 3 aromatic rings. The normalized spacial score (nSPS) is 11.6. The first-order chi connectivity index (χ1) is 15.1. The number of hydrogen-bond donors (Lipinski definition) is 0. The number of rotatable bonds is 8. The zero-order valence-corrected chi connectivity index (χ0v) is 20.6. The van der Waals surface area contributed by atoms with E-state index in [4.69, 9.17) is 9.47 Å². The Hall–Kier alpha value is -2.97. The van der Waals surface area contributed by atoms with Crippen molar-refractivity contribution in [3.8, 4) is 22.9 Å². The van der Waals surface area contributed by atoms with Gasteiger partial charge in [0.05, 0.1) is 5.69 Å². The average Bonchev–Trinajstić information content (AvgIpc) is 2.73. The molecule has 1 aromatic carbocycles. The van der Waals surface area contributed by atoms with E-state index in [2.05, 4.69) is 24.6 Å². The van der Waals surface area contributed by atoms with Gasteiger partial charge in [-0.15, -0.1) is 0 Å². The summed E-state index contributed by atoms with van der Waals surface area (Å²) in [4.78, 5) is 30.1. The Morgan fingerprint density at radius 2 is 1.81 bits per heavy atom. The molecule has 0 aliphatic heterocycles. The highest BCUT2D eigenvalue weighted by Gasteiger charge is 2.18. The molecule has 7 nitrogen and oxygen atoms in total. The zero-order chi connectivity index (χ0) is 23.5. The van der Waals surface area contributed by atoms with Crippen LogP contribution in [0.2, 0.25) is 25.7 Å². The number of aromatic nitrogens is 3. The molecule has 0 spiro atoms. The summed E-state index contributed by atoms with van der Waals surface area (Å²) in [5, 5.41) is 0. The molecule has 2 heterocycles. The summed E-state index contributed by atoms with van der Waals surface area (Å²) < 4.78 is 14.1. The van der Waals surface area contributed by atoms with Crippen LogP contribution >= 0.6 is 0 Å². The van der Waals surface area contributed by atoms with Crippen LogP contribution in [0.15, 0.2) is 52.2 Å². The molecular formula is C24H31N3O4Si. The second-order valence-corrected chi connectivity index (χ2v) is 14.8. The second kappa shape index (κ2) is 9.66. The average molecular weight is 454 g/mol. The highest BCUT2D eigenvalue weighted by atomic mass is 28.3. The quantitative estimate of drug-likeness (QED) is 0.375. The van der Waals surface area contributed by atoms with Gasteiger partial charge >= 0.3 is 5.69 Å². The fourth-order valence-electron chi connectivity index (χ4n) is 3.44. The summed E-state index contributed by atoms with van der Waals surface area (Å²) >= 11 is 0. The lowest BCUT2D eigenvalue weighted by atomic mass is 10.0. The molecule has 0 atom stereocenters. The lowest BCUT2D eigenvalue weighted by molar-refractivity contribution is 0.0805. The van der Waals surface area contributed by atoms with Gasteiger partial charge in [0.2, 0.25) is 5.88 Å². The van der Waals surface area contributed by atoms with Gasteiger partial charge in [-0.3, -0.25) is 9.36 Å². The minimum absolute atomic E-state index is 0.0348. The summed E-state index contributed by atoms with van der Waals surface area (Å²) in [6.45, 7) is 11.0. The Morgan fingerprint density at radius 1 is 1.06 bits per heavy atom. The molecule has 0 amide bonds. The third-order valence-corrected chi connectivity index (χ3v) is 7.01. The van der Waals surface area contributed by atoms with Crippen molar-refractivity contribution in [3.05, 3.63) is 74.6 Å². The number of ether oxygens (including phenoxy) is 2. The topological polar surface area (TPSA) is 75.3 Å². The monoisotopic (exact) mass is 453 g/mol. The van der Waals surface area contributed by atoms with Gasteiger partial charge < -0.3 is 9.47 Å². The maximum Gasteiger partial charge on any atom is 0.333 e. The zero-order valence-electron chi connectivity index (χ0n) is 19.6. The summed E-state index contributed by atoms with van der Waals surface area (Å²) in [5.74, 6) is 1.14. The molecule has 2 aromatic heterocycles. The first-order valence-corrected chi connectivity index (χ1v) is 14.4. The molecule has 0 aliphatic carbocycles. The number of nitrogens with zero attached hydrogens (tertiary/aromatic N) is 3. The molecule has 3 rings (SSSR count). The third kappa shape index (κ3) is 5.44. The summed E-state index contributed by atoms with van der Waals surface area (Å²) in [7, 11) is 0.438. The summed E-state index contributed by atoms with van der Waals surface area (Å²) in [5.41, 5.74) is 2.07. The standard InChI is InChI=1S/C24H31N3O4Si/c1-17-15-19(31-21-9-7-8-12-25-21)10-11-20(17)22-18(2)23(28)27(24(29)26(22)3)16-30-13-14-32(4,5)6/h7-12,15H,13-14,16H2,1-6H3. The Labute approximate surface area is 189 Å². The van der Waals surface area contributed by atoms with Crippen molar-refractivity contribution in [1.29, 1.82) is 0 Å². The van der Waals surface area contributed by atoms with Gasteiger partial charge in [0.1, 0.15) is 12.5 Å². The summed E-state index contributed by atoms with van der Waals surface area (Å²) in [6, 6.07) is 12.0. The van der Waals surface area contributed by atoms with Crippen LogP contribution in [0.5, 0.6) is 11.6 Å². The minimum Gasteiger partial charge on any atom is -0.439 e.